The molecule has 2 N–H and O–H groups in total. The third-order valence-corrected chi connectivity index (χ3v) is 3.03. The first kappa shape index (κ1) is 8.20. The van der Waals surface area contributed by atoms with Gasteiger partial charge in [-0.3, -0.25) is 4.79 Å². The molecule has 0 aliphatic carbocycles. The smallest absolute Gasteiger partial charge is 0.138 e. The third kappa shape index (κ3) is 1.08. The lowest BCUT2D eigenvalue weighted by Crippen LogP contribution is -2.47. The van der Waals surface area contributed by atoms with Crippen LogP contribution in [0.4, 0.5) is 0 Å². The van der Waals surface area contributed by atoms with Gasteiger partial charge in [-0.1, -0.05) is 0 Å². The standard InChI is InChI=1S/C9H15NO2/c1-8-2-3-9(6-10,12-8)5-7(11)4-8/h2-6,10H2,1H3. The Hall–Kier alpha value is -0.410. The second-order valence-corrected chi connectivity index (χ2v) is 4.33. The van der Waals surface area contributed by atoms with Gasteiger partial charge in [-0.05, 0) is 19.8 Å². The Morgan fingerprint density at radius 3 is 2.92 bits per heavy atom. The topological polar surface area (TPSA) is 52.3 Å². The minimum Gasteiger partial charge on any atom is -0.367 e. The van der Waals surface area contributed by atoms with Crippen molar-refractivity contribution in [1.82, 2.24) is 0 Å². The maximum atomic E-state index is 11.4. The molecule has 2 heterocycles. The zero-order valence-electron chi connectivity index (χ0n) is 7.43. The van der Waals surface area contributed by atoms with E-state index in [0.717, 1.165) is 12.8 Å². The predicted octanol–water partition coefficient (Wildman–Crippen LogP) is 0.616. The zero-order chi connectivity index (χ0) is 8.82. The molecule has 2 aliphatic heterocycles. The molecule has 2 atom stereocenters. The molecule has 2 bridgehead atoms. The number of carbonyl (C=O) groups excluding carboxylic acids is 1. The van der Waals surface area contributed by atoms with Crippen molar-refractivity contribution < 1.29 is 9.53 Å². The van der Waals surface area contributed by atoms with E-state index >= 15 is 0 Å². The molecule has 0 radical (unpaired) electrons. The average molecular weight is 169 g/mol. The van der Waals surface area contributed by atoms with Crippen molar-refractivity contribution in [2.45, 2.75) is 43.8 Å². The van der Waals surface area contributed by atoms with E-state index < -0.39 is 0 Å². The summed E-state index contributed by atoms with van der Waals surface area (Å²) in [6, 6.07) is 0. The van der Waals surface area contributed by atoms with Crippen LogP contribution in [0.2, 0.25) is 0 Å². The van der Waals surface area contributed by atoms with Crippen LogP contribution in [0.1, 0.15) is 32.6 Å². The SMILES string of the molecule is CC12CCC(CN)(CC(=O)C1)O2. The molecule has 3 nitrogen and oxygen atoms in total. The van der Waals surface area contributed by atoms with Crippen molar-refractivity contribution in [1.29, 1.82) is 0 Å². The van der Waals surface area contributed by atoms with Gasteiger partial charge in [0.15, 0.2) is 0 Å². The Kier molecular flexibility index (Phi) is 1.57. The number of ketones is 1. The highest BCUT2D eigenvalue weighted by molar-refractivity contribution is 5.81. The highest BCUT2D eigenvalue weighted by atomic mass is 16.5. The summed E-state index contributed by atoms with van der Waals surface area (Å²) in [5, 5.41) is 0. The second kappa shape index (κ2) is 2.30. The van der Waals surface area contributed by atoms with Crippen LogP contribution in [-0.2, 0) is 9.53 Å². The summed E-state index contributed by atoms with van der Waals surface area (Å²) in [5.74, 6) is 0.312. The van der Waals surface area contributed by atoms with E-state index in [4.69, 9.17) is 10.5 Å². The maximum Gasteiger partial charge on any atom is 0.138 e. The normalized spacial score (nSPS) is 46.7. The fraction of sp³-hybridized carbons (Fsp3) is 0.889. The fourth-order valence-electron chi connectivity index (χ4n) is 2.42. The van der Waals surface area contributed by atoms with Gasteiger partial charge in [0.05, 0.1) is 11.2 Å². The number of nitrogens with two attached hydrogens (primary N) is 1. The molecular weight excluding hydrogens is 154 g/mol. The molecule has 0 amide bonds. The van der Waals surface area contributed by atoms with Gasteiger partial charge in [-0.2, -0.15) is 0 Å². The summed E-state index contributed by atoms with van der Waals surface area (Å²) in [6.45, 7) is 2.50. The van der Waals surface area contributed by atoms with Crippen molar-refractivity contribution in [2.24, 2.45) is 5.73 Å². The molecule has 68 valence electrons. The fourth-order valence-corrected chi connectivity index (χ4v) is 2.42. The molecule has 2 aliphatic rings. The Morgan fingerprint density at radius 1 is 1.50 bits per heavy atom. The molecular formula is C9H15NO2. The number of carbonyl (C=O) groups is 1. The Balaban J connectivity index is 2.26. The predicted molar refractivity (Wildman–Crippen MR) is 44.8 cm³/mol. The molecule has 0 spiro atoms. The van der Waals surface area contributed by atoms with E-state index in [9.17, 15) is 4.79 Å². The highest BCUT2D eigenvalue weighted by Crippen LogP contribution is 2.45. The first-order chi connectivity index (χ1) is 5.58. The van der Waals surface area contributed by atoms with Crippen LogP contribution in [0.25, 0.3) is 0 Å². The average Bonchev–Trinajstić information content (AvgIpc) is 2.23. The summed E-state index contributed by atoms with van der Waals surface area (Å²) in [7, 11) is 0. The van der Waals surface area contributed by atoms with E-state index in [2.05, 4.69) is 0 Å². The van der Waals surface area contributed by atoms with Gasteiger partial charge in [-0.15, -0.1) is 0 Å². The van der Waals surface area contributed by atoms with Crippen LogP contribution in [-0.4, -0.2) is 23.5 Å². The van der Waals surface area contributed by atoms with Gasteiger partial charge in [-0.25, -0.2) is 0 Å². The lowest BCUT2D eigenvalue weighted by molar-refractivity contribution is -0.154. The summed E-state index contributed by atoms with van der Waals surface area (Å²) in [5.41, 5.74) is 5.12. The molecule has 0 aromatic heterocycles. The summed E-state index contributed by atoms with van der Waals surface area (Å²) in [6.07, 6.45) is 3.04. The second-order valence-electron chi connectivity index (χ2n) is 4.33. The van der Waals surface area contributed by atoms with Crippen LogP contribution >= 0.6 is 0 Å². The summed E-state index contributed by atoms with van der Waals surface area (Å²) < 4.78 is 5.85. The van der Waals surface area contributed by atoms with Gasteiger partial charge in [0.1, 0.15) is 5.78 Å². The van der Waals surface area contributed by atoms with Crippen molar-refractivity contribution >= 4 is 5.78 Å². The molecule has 2 rings (SSSR count). The van der Waals surface area contributed by atoms with Gasteiger partial charge in [0.25, 0.3) is 0 Å². The molecule has 3 heteroatoms. The van der Waals surface area contributed by atoms with Gasteiger partial charge < -0.3 is 10.5 Å². The van der Waals surface area contributed by atoms with Gasteiger partial charge >= 0.3 is 0 Å². The minimum absolute atomic E-state index is 0.200. The molecule has 12 heavy (non-hydrogen) atoms. The lowest BCUT2D eigenvalue weighted by Gasteiger charge is -2.36. The van der Waals surface area contributed by atoms with Crippen molar-refractivity contribution in [3.05, 3.63) is 0 Å². The number of hydrogen-bond donors (Lipinski definition) is 1. The molecule has 2 fully saturated rings. The number of fused-ring (bicyclic) bond motifs is 2. The maximum absolute atomic E-state index is 11.4. The third-order valence-electron chi connectivity index (χ3n) is 3.03. The molecule has 0 saturated carbocycles. The number of rotatable bonds is 1. The summed E-state index contributed by atoms with van der Waals surface area (Å²) >= 11 is 0. The Bertz CT molecular complexity index is 229. The van der Waals surface area contributed by atoms with E-state index in [0.29, 0.717) is 25.2 Å². The number of ether oxygens (including phenoxy) is 1. The number of Topliss-reactive ketones (excluding diaryl/α,β-unsaturated/α-hetero) is 1. The quantitative estimate of drug-likeness (QED) is 0.626. The largest absolute Gasteiger partial charge is 0.367 e. The van der Waals surface area contributed by atoms with Crippen molar-refractivity contribution in [3.63, 3.8) is 0 Å². The van der Waals surface area contributed by atoms with Crippen molar-refractivity contribution in [3.8, 4) is 0 Å². The van der Waals surface area contributed by atoms with E-state index in [1.807, 2.05) is 6.92 Å². The highest BCUT2D eigenvalue weighted by Gasteiger charge is 2.51. The Morgan fingerprint density at radius 2 is 2.25 bits per heavy atom. The molecule has 2 saturated heterocycles. The number of hydrogen-bond acceptors (Lipinski definition) is 3. The minimum atomic E-state index is -0.302. The van der Waals surface area contributed by atoms with Crippen LogP contribution in [0.15, 0.2) is 0 Å². The van der Waals surface area contributed by atoms with Crippen LogP contribution in [0, 0.1) is 0 Å². The van der Waals surface area contributed by atoms with Crippen LogP contribution in [0.5, 0.6) is 0 Å². The van der Waals surface area contributed by atoms with E-state index in [1.54, 1.807) is 0 Å². The van der Waals surface area contributed by atoms with Gasteiger partial charge in [0.2, 0.25) is 0 Å². The first-order valence-electron chi connectivity index (χ1n) is 4.50. The molecule has 0 aromatic carbocycles. The zero-order valence-corrected chi connectivity index (χ0v) is 7.43. The summed E-state index contributed by atoms with van der Waals surface area (Å²) in [4.78, 5) is 11.4. The van der Waals surface area contributed by atoms with Crippen LogP contribution in [0.3, 0.4) is 0 Å². The monoisotopic (exact) mass is 169 g/mol. The lowest BCUT2D eigenvalue weighted by atomic mass is 9.93. The molecule has 2 unspecified atom stereocenters. The van der Waals surface area contributed by atoms with E-state index in [-0.39, 0.29) is 11.2 Å². The molecule has 0 aromatic rings. The van der Waals surface area contributed by atoms with Crippen LogP contribution < -0.4 is 5.73 Å². The van der Waals surface area contributed by atoms with Gasteiger partial charge in [0, 0.05) is 19.4 Å². The first-order valence-corrected chi connectivity index (χ1v) is 4.50. The van der Waals surface area contributed by atoms with Crippen molar-refractivity contribution in [2.75, 3.05) is 6.54 Å². The Labute approximate surface area is 72.3 Å². The van der Waals surface area contributed by atoms with E-state index in [1.165, 1.54) is 0 Å².